The Labute approximate surface area is 81.7 Å². The molecule has 1 fully saturated rings. The van der Waals surface area contributed by atoms with Gasteiger partial charge in [0.25, 0.3) is 5.92 Å². The molecule has 0 unspecified atom stereocenters. The Kier molecular flexibility index (Phi) is 2.81. The smallest absolute Gasteiger partial charge is 0.305 e. The van der Waals surface area contributed by atoms with Crippen LogP contribution < -0.4 is 0 Å². The van der Waals surface area contributed by atoms with Gasteiger partial charge in [-0.3, -0.25) is 9.69 Å². The third-order valence-corrected chi connectivity index (χ3v) is 2.61. The molecular formula is C9H15F2NO2. The molecular weight excluding hydrogens is 192 g/mol. The van der Waals surface area contributed by atoms with Gasteiger partial charge in [0, 0.05) is 18.5 Å². The van der Waals surface area contributed by atoms with Crippen molar-refractivity contribution < 1.29 is 18.7 Å². The number of alkyl halides is 2. The van der Waals surface area contributed by atoms with Crippen molar-refractivity contribution in [2.75, 3.05) is 13.1 Å². The van der Waals surface area contributed by atoms with Crippen molar-refractivity contribution in [3.05, 3.63) is 0 Å². The van der Waals surface area contributed by atoms with Gasteiger partial charge < -0.3 is 5.11 Å². The first kappa shape index (κ1) is 11.4. The summed E-state index contributed by atoms with van der Waals surface area (Å²) in [5, 5.41) is 8.63. The van der Waals surface area contributed by atoms with E-state index in [0.717, 1.165) is 0 Å². The second-order valence-electron chi connectivity index (χ2n) is 4.41. The standard InChI is InChI=1S/C9H15F2NO2/c1-8(2,5-7(13)14)12-4-3-9(10,11)6-12/h3-6H2,1-2H3,(H,13,14). The first-order chi connectivity index (χ1) is 6.23. The summed E-state index contributed by atoms with van der Waals surface area (Å²) < 4.78 is 25.7. The van der Waals surface area contributed by atoms with E-state index < -0.39 is 17.4 Å². The van der Waals surface area contributed by atoms with Crippen LogP contribution in [0.5, 0.6) is 0 Å². The number of carboxylic acid groups (broad SMARTS) is 1. The first-order valence-corrected chi connectivity index (χ1v) is 4.58. The van der Waals surface area contributed by atoms with E-state index in [1.54, 1.807) is 18.7 Å². The summed E-state index contributed by atoms with van der Waals surface area (Å²) in [5.41, 5.74) is -0.689. The minimum atomic E-state index is -2.66. The number of halogens is 2. The third kappa shape index (κ3) is 2.64. The maximum atomic E-state index is 12.9. The molecule has 1 rings (SSSR count). The predicted octanol–water partition coefficient (Wildman–Crippen LogP) is 1.58. The summed E-state index contributed by atoms with van der Waals surface area (Å²) in [4.78, 5) is 12.1. The number of carbonyl (C=O) groups is 1. The van der Waals surface area contributed by atoms with Gasteiger partial charge in [-0.25, -0.2) is 8.78 Å². The van der Waals surface area contributed by atoms with Crippen LogP contribution in [-0.2, 0) is 4.79 Å². The van der Waals surface area contributed by atoms with Crippen LogP contribution in [-0.4, -0.2) is 40.5 Å². The van der Waals surface area contributed by atoms with E-state index in [-0.39, 0.29) is 25.9 Å². The normalized spacial score (nSPS) is 22.6. The molecule has 0 bridgehead atoms. The molecule has 0 amide bonds. The van der Waals surface area contributed by atoms with E-state index in [1.807, 2.05) is 0 Å². The minimum Gasteiger partial charge on any atom is -0.481 e. The fourth-order valence-corrected chi connectivity index (χ4v) is 1.73. The van der Waals surface area contributed by atoms with Crippen molar-refractivity contribution in [3.8, 4) is 0 Å². The highest BCUT2D eigenvalue weighted by molar-refractivity contribution is 5.68. The monoisotopic (exact) mass is 207 g/mol. The number of rotatable bonds is 3. The lowest BCUT2D eigenvalue weighted by Gasteiger charge is -2.33. The maximum Gasteiger partial charge on any atom is 0.305 e. The summed E-state index contributed by atoms with van der Waals surface area (Å²) in [7, 11) is 0. The fourth-order valence-electron chi connectivity index (χ4n) is 1.73. The Morgan fingerprint density at radius 1 is 1.57 bits per heavy atom. The van der Waals surface area contributed by atoms with Crippen LogP contribution >= 0.6 is 0 Å². The molecule has 1 N–H and O–H groups in total. The molecule has 0 aliphatic carbocycles. The van der Waals surface area contributed by atoms with E-state index in [4.69, 9.17) is 5.11 Å². The van der Waals surface area contributed by atoms with Crippen molar-refractivity contribution in [2.24, 2.45) is 0 Å². The molecule has 1 heterocycles. The lowest BCUT2D eigenvalue weighted by molar-refractivity contribution is -0.140. The van der Waals surface area contributed by atoms with E-state index in [2.05, 4.69) is 0 Å². The number of likely N-dealkylation sites (tertiary alicyclic amines) is 1. The number of carboxylic acids is 1. The van der Waals surface area contributed by atoms with Crippen molar-refractivity contribution >= 4 is 5.97 Å². The number of aliphatic carboxylic acids is 1. The lowest BCUT2D eigenvalue weighted by atomic mass is 9.99. The molecule has 82 valence electrons. The molecule has 0 radical (unpaired) electrons. The zero-order chi connectivity index (χ0) is 11.0. The Morgan fingerprint density at radius 2 is 2.14 bits per heavy atom. The molecule has 14 heavy (non-hydrogen) atoms. The summed E-state index contributed by atoms with van der Waals surface area (Å²) in [6, 6.07) is 0. The Bertz CT molecular complexity index is 241. The molecule has 1 aliphatic rings. The van der Waals surface area contributed by atoms with Gasteiger partial charge >= 0.3 is 5.97 Å². The molecule has 5 heteroatoms. The molecule has 0 atom stereocenters. The summed E-state index contributed by atoms with van der Waals surface area (Å²) in [6.07, 6.45) is -0.279. The van der Waals surface area contributed by atoms with Gasteiger partial charge in [0.15, 0.2) is 0 Å². The highest BCUT2D eigenvalue weighted by atomic mass is 19.3. The highest BCUT2D eigenvalue weighted by Crippen LogP contribution is 2.32. The average Bonchev–Trinajstić information content (AvgIpc) is 2.27. The first-order valence-electron chi connectivity index (χ1n) is 4.58. The Hall–Kier alpha value is -0.710. The van der Waals surface area contributed by atoms with Crippen LogP contribution in [0.2, 0.25) is 0 Å². The zero-order valence-corrected chi connectivity index (χ0v) is 8.39. The van der Waals surface area contributed by atoms with Crippen molar-refractivity contribution in [2.45, 2.75) is 38.2 Å². The topological polar surface area (TPSA) is 40.5 Å². The second kappa shape index (κ2) is 3.46. The van der Waals surface area contributed by atoms with Crippen molar-refractivity contribution in [3.63, 3.8) is 0 Å². The molecule has 3 nitrogen and oxygen atoms in total. The van der Waals surface area contributed by atoms with E-state index in [0.29, 0.717) is 0 Å². The van der Waals surface area contributed by atoms with Crippen LogP contribution in [0, 0.1) is 0 Å². The Morgan fingerprint density at radius 3 is 2.50 bits per heavy atom. The molecule has 1 saturated heterocycles. The van der Waals surface area contributed by atoms with Crippen LogP contribution in [0.25, 0.3) is 0 Å². The van der Waals surface area contributed by atoms with Gasteiger partial charge in [-0.1, -0.05) is 0 Å². The second-order valence-corrected chi connectivity index (χ2v) is 4.41. The van der Waals surface area contributed by atoms with Crippen LogP contribution in [0.1, 0.15) is 26.7 Å². The van der Waals surface area contributed by atoms with Crippen molar-refractivity contribution in [1.29, 1.82) is 0 Å². The van der Waals surface area contributed by atoms with Crippen LogP contribution in [0.15, 0.2) is 0 Å². The number of hydrogen-bond acceptors (Lipinski definition) is 2. The third-order valence-electron chi connectivity index (χ3n) is 2.61. The van der Waals surface area contributed by atoms with E-state index in [9.17, 15) is 13.6 Å². The van der Waals surface area contributed by atoms with Gasteiger partial charge in [-0.2, -0.15) is 0 Å². The van der Waals surface area contributed by atoms with Gasteiger partial charge in [-0.15, -0.1) is 0 Å². The van der Waals surface area contributed by atoms with Crippen LogP contribution in [0.4, 0.5) is 8.78 Å². The summed E-state index contributed by atoms with van der Waals surface area (Å²) in [5.74, 6) is -3.61. The summed E-state index contributed by atoms with van der Waals surface area (Å²) in [6.45, 7) is 3.31. The highest BCUT2D eigenvalue weighted by Gasteiger charge is 2.44. The van der Waals surface area contributed by atoms with Gasteiger partial charge in [0.1, 0.15) is 0 Å². The molecule has 1 aliphatic heterocycles. The van der Waals surface area contributed by atoms with Crippen molar-refractivity contribution in [1.82, 2.24) is 4.90 Å². The van der Waals surface area contributed by atoms with Crippen LogP contribution in [0.3, 0.4) is 0 Å². The predicted molar refractivity (Wildman–Crippen MR) is 47.5 cm³/mol. The largest absolute Gasteiger partial charge is 0.481 e. The zero-order valence-electron chi connectivity index (χ0n) is 8.39. The molecule has 0 aromatic heterocycles. The Balaban J connectivity index is 2.61. The quantitative estimate of drug-likeness (QED) is 0.763. The summed E-state index contributed by atoms with van der Waals surface area (Å²) >= 11 is 0. The molecule has 0 spiro atoms. The fraction of sp³-hybridized carbons (Fsp3) is 0.889. The molecule has 0 saturated carbocycles. The van der Waals surface area contributed by atoms with Gasteiger partial charge in [0.05, 0.1) is 13.0 Å². The average molecular weight is 207 g/mol. The number of nitrogens with zero attached hydrogens (tertiary/aromatic N) is 1. The number of hydrogen-bond donors (Lipinski definition) is 1. The minimum absolute atomic E-state index is 0.108. The van der Waals surface area contributed by atoms with E-state index >= 15 is 0 Å². The SMILES string of the molecule is CC(C)(CC(=O)O)N1CCC(F)(F)C1. The molecule has 0 aromatic rings. The van der Waals surface area contributed by atoms with Gasteiger partial charge in [-0.05, 0) is 13.8 Å². The van der Waals surface area contributed by atoms with Gasteiger partial charge in [0.2, 0.25) is 0 Å². The lowest BCUT2D eigenvalue weighted by Crippen LogP contribution is -2.45. The maximum absolute atomic E-state index is 12.9. The van der Waals surface area contributed by atoms with E-state index in [1.165, 1.54) is 0 Å². The molecule has 0 aromatic carbocycles.